The number of rotatable bonds is 3. The monoisotopic (exact) mass is 225 g/mol. The highest BCUT2D eigenvalue weighted by Gasteiger charge is 2.24. The number of hydrogen-bond acceptors (Lipinski definition) is 3. The minimum atomic E-state index is -0.996. The van der Waals surface area contributed by atoms with Crippen LogP contribution in [0.1, 0.15) is 49.3 Å². The first-order valence-corrected chi connectivity index (χ1v) is 5.60. The summed E-state index contributed by atoms with van der Waals surface area (Å²) in [6.07, 6.45) is 5.23. The topological polar surface area (TPSA) is 83.3 Å². The highest BCUT2D eigenvalue weighted by Crippen LogP contribution is 2.32. The molecule has 5 heteroatoms. The molecular formula is C11H15NO4. The van der Waals surface area contributed by atoms with Gasteiger partial charge in [0, 0.05) is 5.92 Å². The Morgan fingerprint density at radius 3 is 2.69 bits per heavy atom. The Bertz CT molecular complexity index is 425. The lowest BCUT2D eigenvalue weighted by molar-refractivity contribution is -0.136. The van der Waals surface area contributed by atoms with E-state index in [1.54, 1.807) is 0 Å². The van der Waals surface area contributed by atoms with Crippen molar-refractivity contribution in [1.29, 1.82) is 0 Å². The Kier molecular flexibility index (Phi) is 3.12. The van der Waals surface area contributed by atoms with Gasteiger partial charge in [-0.2, -0.15) is 0 Å². The largest absolute Gasteiger partial charge is 0.481 e. The van der Waals surface area contributed by atoms with Crippen LogP contribution >= 0.6 is 0 Å². The molecule has 16 heavy (non-hydrogen) atoms. The fraction of sp³-hybridized carbons (Fsp3) is 0.636. The van der Waals surface area contributed by atoms with Crippen molar-refractivity contribution in [2.24, 2.45) is 0 Å². The van der Waals surface area contributed by atoms with Gasteiger partial charge in [-0.3, -0.25) is 4.79 Å². The van der Waals surface area contributed by atoms with Crippen LogP contribution in [0.5, 0.6) is 0 Å². The number of H-pyrrole nitrogens is 1. The van der Waals surface area contributed by atoms with E-state index in [4.69, 9.17) is 9.63 Å². The van der Waals surface area contributed by atoms with Gasteiger partial charge in [-0.15, -0.1) is 0 Å². The molecule has 1 aromatic rings. The smallest absolute Gasteiger partial charge is 0.361 e. The number of carbonyl (C=O) groups is 1. The highest BCUT2D eigenvalue weighted by molar-refractivity contribution is 5.70. The maximum atomic E-state index is 11.4. The first-order valence-electron chi connectivity index (χ1n) is 5.60. The maximum Gasteiger partial charge on any atom is 0.361 e. The minimum absolute atomic E-state index is 0.252. The van der Waals surface area contributed by atoms with Crippen molar-refractivity contribution in [3.05, 3.63) is 21.7 Å². The van der Waals surface area contributed by atoms with E-state index in [9.17, 15) is 9.59 Å². The lowest BCUT2D eigenvalue weighted by Gasteiger charge is -2.20. The van der Waals surface area contributed by atoms with Gasteiger partial charge in [0.05, 0.1) is 17.7 Å². The van der Waals surface area contributed by atoms with Crippen molar-refractivity contribution in [3.8, 4) is 0 Å². The van der Waals surface area contributed by atoms with Crippen LogP contribution in [0, 0.1) is 0 Å². The van der Waals surface area contributed by atoms with Gasteiger partial charge < -0.3 is 9.63 Å². The molecular weight excluding hydrogens is 210 g/mol. The Morgan fingerprint density at radius 1 is 1.38 bits per heavy atom. The van der Waals surface area contributed by atoms with Crippen molar-refractivity contribution in [1.82, 2.24) is 5.16 Å². The summed E-state index contributed by atoms with van der Waals surface area (Å²) in [5, 5.41) is 11.3. The van der Waals surface area contributed by atoms with Crippen molar-refractivity contribution in [2.45, 2.75) is 44.4 Å². The van der Waals surface area contributed by atoms with E-state index in [1.165, 1.54) is 6.42 Å². The van der Waals surface area contributed by atoms with Gasteiger partial charge in [-0.25, -0.2) is 9.95 Å². The van der Waals surface area contributed by atoms with Crippen LogP contribution in [0.25, 0.3) is 0 Å². The number of aromatic nitrogens is 1. The minimum Gasteiger partial charge on any atom is -0.481 e. The standard InChI is InChI=1S/C11H15NO4/c13-9(14)6-8-10(12-16-11(8)15)7-4-2-1-3-5-7/h7,12H,1-6H2,(H,13,14). The summed E-state index contributed by atoms with van der Waals surface area (Å²) in [6.45, 7) is 0. The van der Waals surface area contributed by atoms with Gasteiger partial charge >= 0.3 is 11.6 Å². The lowest BCUT2D eigenvalue weighted by Crippen LogP contribution is -2.14. The summed E-state index contributed by atoms with van der Waals surface area (Å²) in [5.74, 6) is -0.737. The molecule has 0 saturated heterocycles. The summed E-state index contributed by atoms with van der Waals surface area (Å²) in [5.41, 5.74) is 0.453. The normalized spacial score (nSPS) is 17.5. The Labute approximate surface area is 92.4 Å². The van der Waals surface area contributed by atoms with E-state index in [0.717, 1.165) is 25.7 Å². The van der Waals surface area contributed by atoms with E-state index < -0.39 is 11.6 Å². The van der Waals surface area contributed by atoms with Crippen molar-refractivity contribution in [2.75, 3.05) is 0 Å². The highest BCUT2D eigenvalue weighted by atomic mass is 16.5. The third-order valence-corrected chi connectivity index (χ3v) is 3.17. The van der Waals surface area contributed by atoms with Crippen molar-refractivity contribution < 1.29 is 14.4 Å². The van der Waals surface area contributed by atoms with Crippen LogP contribution in [0.15, 0.2) is 9.32 Å². The van der Waals surface area contributed by atoms with Crippen LogP contribution in [0.3, 0.4) is 0 Å². The van der Waals surface area contributed by atoms with Gasteiger partial charge in [0.25, 0.3) is 0 Å². The molecule has 1 heterocycles. The molecule has 1 saturated carbocycles. The van der Waals surface area contributed by atoms with Crippen LogP contribution in [-0.4, -0.2) is 16.2 Å². The average Bonchev–Trinajstić information content (AvgIpc) is 2.61. The molecule has 0 spiro atoms. The molecule has 0 amide bonds. The molecule has 2 N–H and O–H groups in total. The van der Waals surface area contributed by atoms with Crippen molar-refractivity contribution in [3.63, 3.8) is 0 Å². The summed E-state index contributed by atoms with van der Waals surface area (Å²) < 4.78 is 4.71. The fourth-order valence-corrected chi connectivity index (χ4v) is 2.37. The fourth-order valence-electron chi connectivity index (χ4n) is 2.37. The first-order chi connectivity index (χ1) is 7.68. The van der Waals surface area contributed by atoms with E-state index in [-0.39, 0.29) is 12.3 Å². The predicted molar refractivity (Wildman–Crippen MR) is 56.5 cm³/mol. The van der Waals surface area contributed by atoms with Gasteiger partial charge in [0.2, 0.25) is 0 Å². The van der Waals surface area contributed by atoms with Crippen molar-refractivity contribution >= 4 is 5.97 Å². The molecule has 88 valence electrons. The zero-order chi connectivity index (χ0) is 11.5. The molecule has 1 aliphatic rings. The first kappa shape index (κ1) is 11.0. The molecule has 5 nitrogen and oxygen atoms in total. The summed E-state index contributed by atoms with van der Waals surface area (Å²) in [7, 11) is 0. The Morgan fingerprint density at radius 2 is 2.06 bits per heavy atom. The van der Waals surface area contributed by atoms with Gasteiger partial charge in [-0.05, 0) is 12.8 Å². The van der Waals surface area contributed by atoms with E-state index in [0.29, 0.717) is 11.3 Å². The molecule has 1 fully saturated rings. The quantitative estimate of drug-likeness (QED) is 0.819. The van der Waals surface area contributed by atoms with Gasteiger partial charge in [-0.1, -0.05) is 19.3 Å². The van der Waals surface area contributed by atoms with Crippen LogP contribution in [0.4, 0.5) is 0 Å². The molecule has 1 aromatic heterocycles. The second-order valence-electron chi connectivity index (χ2n) is 4.29. The van der Waals surface area contributed by atoms with E-state index >= 15 is 0 Å². The van der Waals surface area contributed by atoms with Crippen LogP contribution < -0.4 is 5.63 Å². The number of nitrogens with one attached hydrogen (secondary N) is 1. The summed E-state index contributed by atoms with van der Waals surface area (Å²) >= 11 is 0. The molecule has 0 aromatic carbocycles. The Hall–Kier alpha value is -1.52. The number of aromatic amines is 1. The maximum absolute atomic E-state index is 11.4. The van der Waals surface area contributed by atoms with Crippen LogP contribution in [-0.2, 0) is 11.2 Å². The van der Waals surface area contributed by atoms with E-state index in [2.05, 4.69) is 5.16 Å². The zero-order valence-electron chi connectivity index (χ0n) is 8.99. The average molecular weight is 225 g/mol. The molecule has 1 aliphatic carbocycles. The molecule has 0 atom stereocenters. The molecule has 0 unspecified atom stereocenters. The zero-order valence-corrected chi connectivity index (χ0v) is 8.99. The lowest BCUT2D eigenvalue weighted by atomic mass is 9.85. The number of carboxylic acid groups (broad SMARTS) is 1. The molecule has 0 radical (unpaired) electrons. The summed E-state index contributed by atoms with van der Waals surface area (Å²) in [6, 6.07) is 0. The summed E-state index contributed by atoms with van der Waals surface area (Å²) in [4.78, 5) is 22.0. The molecule has 2 rings (SSSR count). The van der Waals surface area contributed by atoms with Crippen LogP contribution in [0.2, 0.25) is 0 Å². The second-order valence-corrected chi connectivity index (χ2v) is 4.29. The third kappa shape index (κ3) is 2.18. The van der Waals surface area contributed by atoms with Gasteiger partial charge in [0.1, 0.15) is 0 Å². The predicted octanol–water partition coefficient (Wildman–Crippen LogP) is 1.64. The molecule has 0 bridgehead atoms. The second kappa shape index (κ2) is 4.55. The SMILES string of the molecule is O=C(O)Cc1c(C2CCCCC2)[nH]oc1=O. The van der Waals surface area contributed by atoms with Gasteiger partial charge in [0.15, 0.2) is 0 Å². The molecule has 0 aliphatic heterocycles. The Balaban J connectivity index is 2.25. The number of carboxylic acids is 1. The van der Waals surface area contributed by atoms with E-state index in [1.807, 2.05) is 0 Å². The third-order valence-electron chi connectivity index (χ3n) is 3.17. The number of aliphatic carboxylic acids is 1. The number of hydrogen-bond donors (Lipinski definition) is 2.